The van der Waals surface area contributed by atoms with Crippen molar-refractivity contribution < 1.29 is 21.6 Å². The molecule has 102 valence electrons. The second-order valence-electron chi connectivity index (χ2n) is 3.77. The van der Waals surface area contributed by atoms with E-state index in [0.717, 1.165) is 6.07 Å². The lowest BCUT2D eigenvalue weighted by atomic mass is 10.1. The summed E-state index contributed by atoms with van der Waals surface area (Å²) in [6.45, 7) is 1.78. The molecule has 0 amide bonds. The summed E-state index contributed by atoms with van der Waals surface area (Å²) in [6, 6.07) is 5.06. The van der Waals surface area contributed by atoms with Gasteiger partial charge in [-0.05, 0) is 24.5 Å². The van der Waals surface area contributed by atoms with Crippen molar-refractivity contribution in [3.63, 3.8) is 0 Å². The molecule has 0 spiro atoms. The van der Waals surface area contributed by atoms with Crippen molar-refractivity contribution in [3.8, 4) is 0 Å². The summed E-state index contributed by atoms with van der Waals surface area (Å²) in [5.74, 6) is 0. The van der Waals surface area contributed by atoms with Gasteiger partial charge in [-0.25, -0.2) is 8.42 Å². The fourth-order valence-corrected chi connectivity index (χ4v) is 2.61. The fourth-order valence-electron chi connectivity index (χ4n) is 1.44. The van der Waals surface area contributed by atoms with E-state index in [9.17, 15) is 21.6 Å². The molecule has 0 fully saturated rings. The van der Waals surface area contributed by atoms with Crippen molar-refractivity contribution in [3.05, 3.63) is 29.8 Å². The predicted molar refractivity (Wildman–Crippen MR) is 63.3 cm³/mol. The van der Waals surface area contributed by atoms with Crippen LogP contribution in [0.3, 0.4) is 0 Å². The Balaban J connectivity index is 3.26. The Labute approximate surface area is 109 Å². The Bertz CT molecular complexity index is 511. The Hall–Kier alpha value is -0.750. The summed E-state index contributed by atoms with van der Waals surface area (Å²) in [4.78, 5) is -0.711. The van der Waals surface area contributed by atoms with Gasteiger partial charge in [0.05, 0.1) is 4.90 Å². The Morgan fingerprint density at radius 3 is 2.33 bits per heavy atom. The highest BCUT2D eigenvalue weighted by Gasteiger charge is 2.47. The third-order valence-corrected chi connectivity index (χ3v) is 4.50. The lowest BCUT2D eigenvalue weighted by Gasteiger charge is -2.14. The molecule has 18 heavy (non-hydrogen) atoms. The van der Waals surface area contributed by atoms with E-state index in [1.165, 1.54) is 18.2 Å². The molecule has 2 nitrogen and oxygen atoms in total. The molecule has 0 aromatic heterocycles. The van der Waals surface area contributed by atoms with Crippen LogP contribution < -0.4 is 0 Å². The van der Waals surface area contributed by atoms with Gasteiger partial charge in [0.1, 0.15) is 0 Å². The van der Waals surface area contributed by atoms with Crippen LogP contribution in [0.5, 0.6) is 0 Å². The smallest absolute Gasteiger partial charge is 0.214 e. The fraction of sp³-hybridized carbons (Fsp3) is 0.455. The second-order valence-corrected chi connectivity index (χ2v) is 6.29. The molecule has 0 heterocycles. The van der Waals surface area contributed by atoms with Crippen LogP contribution in [-0.2, 0) is 16.3 Å². The Kier molecular flexibility index (Phi) is 4.66. The zero-order chi connectivity index (χ0) is 14.0. The summed E-state index contributed by atoms with van der Waals surface area (Å²) >= 11 is 5.86. The maximum absolute atomic E-state index is 12.5. The number of hydrogen-bond donors (Lipinski definition) is 0. The monoisotopic (exact) mass is 300 g/mol. The lowest BCUT2D eigenvalue weighted by molar-refractivity contribution is -0.0436. The number of alkyl halides is 4. The molecule has 0 saturated heterocycles. The van der Waals surface area contributed by atoms with E-state index < -0.39 is 25.6 Å². The van der Waals surface area contributed by atoms with Gasteiger partial charge >= 0.3 is 5.51 Å². The molecule has 1 aromatic rings. The number of benzene rings is 1. The maximum atomic E-state index is 12.5. The van der Waals surface area contributed by atoms with E-state index >= 15 is 0 Å². The summed E-state index contributed by atoms with van der Waals surface area (Å²) in [7, 11) is -5.32. The minimum atomic E-state index is -5.32. The van der Waals surface area contributed by atoms with Gasteiger partial charge in [-0.1, -0.05) is 25.1 Å². The van der Waals surface area contributed by atoms with Crippen LogP contribution in [-0.4, -0.2) is 19.3 Å². The first-order chi connectivity index (χ1) is 8.20. The molecular formula is C11H12ClF3O2S. The molecule has 7 heteroatoms. The summed E-state index contributed by atoms with van der Waals surface area (Å²) in [5, 5.41) is -0.394. The quantitative estimate of drug-likeness (QED) is 0.797. The average Bonchev–Trinajstić information content (AvgIpc) is 2.28. The van der Waals surface area contributed by atoms with Gasteiger partial charge in [-0.15, -0.1) is 11.6 Å². The first kappa shape index (κ1) is 15.3. The highest BCUT2D eigenvalue weighted by atomic mass is 35.5. The Morgan fingerprint density at radius 1 is 1.28 bits per heavy atom. The molecule has 1 unspecified atom stereocenters. The van der Waals surface area contributed by atoms with Crippen LogP contribution in [0.2, 0.25) is 0 Å². The van der Waals surface area contributed by atoms with E-state index in [-0.39, 0.29) is 12.0 Å². The van der Waals surface area contributed by atoms with Crippen LogP contribution in [0.25, 0.3) is 0 Å². The van der Waals surface area contributed by atoms with Crippen LogP contribution in [0.15, 0.2) is 29.2 Å². The number of hydrogen-bond acceptors (Lipinski definition) is 2. The van der Waals surface area contributed by atoms with E-state index in [0.29, 0.717) is 6.42 Å². The van der Waals surface area contributed by atoms with Crippen molar-refractivity contribution in [2.24, 2.45) is 0 Å². The van der Waals surface area contributed by atoms with Gasteiger partial charge < -0.3 is 0 Å². The SMILES string of the molecule is CCC(Cl)Cc1ccccc1S(=O)(=O)C(F)(F)F. The summed E-state index contributed by atoms with van der Waals surface area (Å²) < 4.78 is 60.2. The van der Waals surface area contributed by atoms with E-state index in [4.69, 9.17) is 11.6 Å². The molecule has 1 aromatic carbocycles. The van der Waals surface area contributed by atoms with Crippen LogP contribution in [0.1, 0.15) is 18.9 Å². The molecule has 1 rings (SSSR count). The number of sulfone groups is 1. The maximum Gasteiger partial charge on any atom is 0.501 e. The normalized spacial score (nSPS) is 14.5. The van der Waals surface area contributed by atoms with Crippen LogP contribution in [0.4, 0.5) is 13.2 Å². The zero-order valence-corrected chi connectivity index (χ0v) is 11.1. The molecule has 0 N–H and O–H groups in total. The van der Waals surface area contributed by atoms with Crippen molar-refractivity contribution in [1.82, 2.24) is 0 Å². The highest BCUT2D eigenvalue weighted by molar-refractivity contribution is 7.92. The predicted octanol–water partition coefficient (Wildman–Crippen LogP) is 3.54. The van der Waals surface area contributed by atoms with Crippen molar-refractivity contribution in [2.45, 2.75) is 35.5 Å². The van der Waals surface area contributed by atoms with Gasteiger partial charge in [0, 0.05) is 5.38 Å². The molecule has 0 aliphatic carbocycles. The van der Waals surface area contributed by atoms with E-state index in [1.807, 2.05) is 0 Å². The molecule has 0 aliphatic rings. The molecule has 1 atom stereocenters. The van der Waals surface area contributed by atoms with Crippen molar-refractivity contribution in [1.29, 1.82) is 0 Å². The van der Waals surface area contributed by atoms with Gasteiger partial charge in [-0.2, -0.15) is 13.2 Å². The molecule has 0 saturated carbocycles. The Morgan fingerprint density at radius 2 is 1.83 bits per heavy atom. The summed E-state index contributed by atoms with van der Waals surface area (Å²) in [6.07, 6.45) is 0.630. The molecule has 0 radical (unpaired) electrons. The largest absolute Gasteiger partial charge is 0.501 e. The first-order valence-corrected chi connectivity index (χ1v) is 7.15. The molecule has 0 bridgehead atoms. The van der Waals surface area contributed by atoms with E-state index in [2.05, 4.69) is 0 Å². The van der Waals surface area contributed by atoms with Crippen molar-refractivity contribution in [2.75, 3.05) is 0 Å². The topological polar surface area (TPSA) is 34.1 Å². The average molecular weight is 301 g/mol. The molecule has 0 aliphatic heterocycles. The van der Waals surface area contributed by atoms with Gasteiger partial charge in [-0.3, -0.25) is 0 Å². The molecular weight excluding hydrogens is 289 g/mol. The van der Waals surface area contributed by atoms with Gasteiger partial charge in [0.25, 0.3) is 9.84 Å². The lowest BCUT2D eigenvalue weighted by Crippen LogP contribution is -2.24. The summed E-state index contributed by atoms with van der Waals surface area (Å²) in [5.41, 5.74) is -5.20. The third-order valence-electron chi connectivity index (χ3n) is 2.45. The van der Waals surface area contributed by atoms with Crippen LogP contribution >= 0.6 is 11.6 Å². The van der Waals surface area contributed by atoms with Crippen LogP contribution in [0, 0.1) is 0 Å². The minimum Gasteiger partial charge on any atom is -0.214 e. The standard InChI is InChI=1S/C11H12ClF3O2S/c1-2-9(12)7-8-5-3-4-6-10(8)18(16,17)11(13,14)15/h3-6,9H,2,7H2,1H3. The highest BCUT2D eigenvalue weighted by Crippen LogP contribution is 2.32. The van der Waals surface area contributed by atoms with Crippen molar-refractivity contribution >= 4 is 21.4 Å². The zero-order valence-electron chi connectivity index (χ0n) is 9.54. The number of halogens is 4. The van der Waals surface area contributed by atoms with E-state index in [1.54, 1.807) is 6.92 Å². The van der Waals surface area contributed by atoms with Gasteiger partial charge in [0.15, 0.2) is 0 Å². The second kappa shape index (κ2) is 5.48. The first-order valence-electron chi connectivity index (χ1n) is 5.23. The number of rotatable bonds is 4. The van der Waals surface area contributed by atoms with Gasteiger partial charge in [0.2, 0.25) is 0 Å². The third kappa shape index (κ3) is 3.17. The minimum absolute atomic E-state index is 0.0868.